The Bertz CT molecular complexity index is 692. The van der Waals surface area contributed by atoms with E-state index in [4.69, 9.17) is 17.5 Å². The van der Waals surface area contributed by atoms with Crippen molar-refractivity contribution in [3.63, 3.8) is 0 Å². The van der Waals surface area contributed by atoms with Crippen molar-refractivity contribution in [3.05, 3.63) is 66.8 Å². The lowest BCUT2D eigenvalue weighted by Crippen LogP contribution is -3.61. The molecule has 0 aromatic heterocycles. The summed E-state index contributed by atoms with van der Waals surface area (Å²) in [4.78, 5) is 0. The zero-order chi connectivity index (χ0) is 19.7. The van der Waals surface area contributed by atoms with E-state index in [2.05, 4.69) is 76.2 Å². The molecule has 2 aromatic carbocycles. The van der Waals surface area contributed by atoms with Crippen LogP contribution in [0.2, 0.25) is 0 Å². The minimum atomic E-state index is -4.92. The van der Waals surface area contributed by atoms with E-state index < -0.39 is 10.4 Å². The first-order chi connectivity index (χ1) is 12.0. The van der Waals surface area contributed by atoms with Crippen molar-refractivity contribution in [2.24, 2.45) is 11.8 Å². The molecular formula is C20H27IO4S. The zero-order valence-corrected chi connectivity index (χ0v) is 18.6. The maximum absolute atomic E-state index is 8.63. The fourth-order valence-corrected chi connectivity index (χ4v) is 4.59. The van der Waals surface area contributed by atoms with Gasteiger partial charge in [-0.25, -0.2) is 8.42 Å². The van der Waals surface area contributed by atoms with Crippen LogP contribution < -0.4 is 21.2 Å². The molecule has 0 atom stereocenters. The van der Waals surface area contributed by atoms with Crippen LogP contribution in [-0.4, -0.2) is 17.5 Å². The van der Waals surface area contributed by atoms with Gasteiger partial charge < -0.3 is 4.55 Å². The van der Waals surface area contributed by atoms with Gasteiger partial charge in [-0.15, -0.1) is 0 Å². The normalized spacial score (nSPS) is 11.4. The second-order valence-corrected chi connectivity index (χ2v) is 10.9. The lowest BCUT2D eigenvalue weighted by Gasteiger charge is -2.04. The Morgan fingerprint density at radius 2 is 1.08 bits per heavy atom. The third kappa shape index (κ3) is 11.6. The average Bonchev–Trinajstić information content (AvgIpc) is 2.48. The molecule has 0 amide bonds. The molecule has 0 fully saturated rings. The van der Waals surface area contributed by atoms with Crippen LogP contribution in [0.25, 0.3) is 0 Å². The van der Waals surface area contributed by atoms with Crippen LogP contribution in [0.15, 0.2) is 48.5 Å². The minimum Gasteiger partial charge on any atom is -0.726 e. The van der Waals surface area contributed by atoms with E-state index in [9.17, 15) is 0 Å². The number of hydrogen-bond donors (Lipinski definition) is 1. The Kier molecular flexibility index (Phi) is 9.78. The monoisotopic (exact) mass is 490 g/mol. The first kappa shape index (κ1) is 23.1. The van der Waals surface area contributed by atoms with E-state index in [1.54, 1.807) is 0 Å². The summed E-state index contributed by atoms with van der Waals surface area (Å²) in [6.45, 7) is 9.11. The van der Waals surface area contributed by atoms with E-state index in [-0.39, 0.29) is 21.2 Å². The van der Waals surface area contributed by atoms with E-state index in [0.717, 1.165) is 11.8 Å². The highest BCUT2D eigenvalue weighted by atomic mass is 127. The maximum Gasteiger partial charge on any atom is 0.357 e. The van der Waals surface area contributed by atoms with Crippen LogP contribution in [0.4, 0.5) is 0 Å². The number of benzene rings is 2. The molecule has 4 nitrogen and oxygen atoms in total. The van der Waals surface area contributed by atoms with Crippen molar-refractivity contribution in [3.8, 4) is 0 Å². The molecule has 2 rings (SSSR count). The average molecular weight is 490 g/mol. The molecule has 0 bridgehead atoms. The minimum absolute atomic E-state index is 0.0390. The molecular weight excluding hydrogens is 463 g/mol. The summed E-state index contributed by atoms with van der Waals surface area (Å²) in [6, 6.07) is 18.5. The second-order valence-electron chi connectivity index (χ2n) is 6.97. The summed E-state index contributed by atoms with van der Waals surface area (Å²) in [5.74, 6) is 1.47. The van der Waals surface area contributed by atoms with Gasteiger partial charge in [-0.1, -0.05) is 52.0 Å². The van der Waals surface area contributed by atoms with Crippen molar-refractivity contribution in [1.82, 2.24) is 0 Å². The first-order valence-electron chi connectivity index (χ1n) is 8.54. The van der Waals surface area contributed by atoms with Crippen LogP contribution in [0, 0.1) is 19.0 Å². The van der Waals surface area contributed by atoms with E-state index in [1.807, 2.05) is 0 Å². The van der Waals surface area contributed by atoms with Gasteiger partial charge in [-0.05, 0) is 60.1 Å². The van der Waals surface area contributed by atoms with Crippen molar-refractivity contribution < 1.29 is 38.7 Å². The standard InChI is InChI=1S/C20H26I.H2O4S/c1-15(2)13-17-5-9-19(10-6-17)21-20-11-7-18(8-12-20)14-16(3)4;1-5(2,3)4/h5-12,15-16H,13-14H2,1-4H3;(H2,1,2,3,4)/q+1;/p-1. The molecule has 0 unspecified atom stereocenters. The predicted octanol–water partition coefficient (Wildman–Crippen LogP) is 1.22. The SMILES string of the molecule is CC(C)Cc1ccc([I+]c2ccc(CC(C)C)cc2)cc1.O=S(=O)([O-])O. The summed E-state index contributed by atoms with van der Waals surface area (Å²) in [5.41, 5.74) is 2.93. The van der Waals surface area contributed by atoms with E-state index in [0.29, 0.717) is 0 Å². The van der Waals surface area contributed by atoms with Gasteiger partial charge in [0.15, 0.2) is 7.14 Å². The highest BCUT2D eigenvalue weighted by molar-refractivity contribution is 7.79. The highest BCUT2D eigenvalue weighted by Gasteiger charge is 2.15. The van der Waals surface area contributed by atoms with Gasteiger partial charge in [0, 0.05) is 0 Å². The van der Waals surface area contributed by atoms with Crippen LogP contribution in [0.5, 0.6) is 0 Å². The Hall–Kier alpha value is -0.960. The molecule has 0 aliphatic heterocycles. The Morgan fingerprint density at radius 3 is 1.31 bits per heavy atom. The Morgan fingerprint density at radius 1 is 0.808 bits per heavy atom. The molecule has 0 aliphatic rings. The molecule has 0 saturated carbocycles. The number of hydrogen-bond acceptors (Lipinski definition) is 3. The molecule has 6 heteroatoms. The predicted molar refractivity (Wildman–Crippen MR) is 99.7 cm³/mol. The van der Waals surface area contributed by atoms with Crippen molar-refractivity contribution >= 4 is 10.4 Å². The molecule has 2 aromatic rings. The van der Waals surface area contributed by atoms with Crippen LogP contribution in [-0.2, 0) is 23.2 Å². The van der Waals surface area contributed by atoms with Gasteiger partial charge in [0.25, 0.3) is 0 Å². The van der Waals surface area contributed by atoms with Gasteiger partial charge in [-0.3, -0.25) is 4.55 Å². The van der Waals surface area contributed by atoms with Crippen LogP contribution in [0.3, 0.4) is 0 Å². The molecule has 0 radical (unpaired) electrons. The van der Waals surface area contributed by atoms with Crippen LogP contribution in [0.1, 0.15) is 38.8 Å². The highest BCUT2D eigenvalue weighted by Crippen LogP contribution is 2.07. The zero-order valence-electron chi connectivity index (χ0n) is 15.6. The third-order valence-electron chi connectivity index (χ3n) is 3.33. The lowest BCUT2D eigenvalue weighted by molar-refractivity contribution is -0.597. The molecule has 0 saturated heterocycles. The smallest absolute Gasteiger partial charge is 0.357 e. The van der Waals surface area contributed by atoms with Gasteiger partial charge in [0.2, 0.25) is 10.4 Å². The quantitative estimate of drug-likeness (QED) is 0.376. The number of halogens is 1. The van der Waals surface area contributed by atoms with Gasteiger partial charge in [0.1, 0.15) is 0 Å². The largest absolute Gasteiger partial charge is 0.726 e. The second kappa shape index (κ2) is 11.0. The van der Waals surface area contributed by atoms with Gasteiger partial charge in [-0.2, -0.15) is 0 Å². The molecule has 1 N–H and O–H groups in total. The van der Waals surface area contributed by atoms with Crippen molar-refractivity contribution in [2.75, 3.05) is 0 Å². The number of rotatable bonds is 6. The van der Waals surface area contributed by atoms with Crippen molar-refractivity contribution in [1.29, 1.82) is 0 Å². The molecule has 0 aliphatic carbocycles. The molecule has 0 heterocycles. The van der Waals surface area contributed by atoms with Gasteiger partial charge >= 0.3 is 21.2 Å². The molecule has 26 heavy (non-hydrogen) atoms. The summed E-state index contributed by atoms with van der Waals surface area (Å²) in [6.07, 6.45) is 2.37. The molecule has 0 spiro atoms. The van der Waals surface area contributed by atoms with E-state index in [1.165, 1.54) is 31.1 Å². The first-order valence-corrected chi connectivity index (χ1v) is 12.1. The summed E-state index contributed by atoms with van der Waals surface area (Å²) >= 11 is -0.0390. The summed E-state index contributed by atoms with van der Waals surface area (Å²) in [5, 5.41) is 0. The van der Waals surface area contributed by atoms with Crippen LogP contribution >= 0.6 is 0 Å². The molecule has 144 valence electrons. The Balaban J connectivity index is 0.000000597. The third-order valence-corrected chi connectivity index (χ3v) is 6.02. The maximum atomic E-state index is 8.63. The van der Waals surface area contributed by atoms with Gasteiger partial charge in [0.05, 0.1) is 0 Å². The summed E-state index contributed by atoms with van der Waals surface area (Å²) in [7, 11) is -4.92. The topological polar surface area (TPSA) is 77.4 Å². The lowest BCUT2D eigenvalue weighted by atomic mass is 10.0. The fraction of sp³-hybridized carbons (Fsp3) is 0.400. The fourth-order valence-electron chi connectivity index (χ4n) is 2.44. The van der Waals surface area contributed by atoms with Crippen molar-refractivity contribution in [2.45, 2.75) is 40.5 Å². The Labute approximate surface area is 167 Å². The van der Waals surface area contributed by atoms with E-state index >= 15 is 0 Å². The summed E-state index contributed by atoms with van der Waals surface area (Å²) < 4.78 is 35.9.